The molecule has 0 radical (unpaired) electrons. The Bertz CT molecular complexity index is 796. The summed E-state index contributed by atoms with van der Waals surface area (Å²) in [7, 11) is 0. The molecule has 3 rings (SSSR count). The first-order valence-corrected chi connectivity index (χ1v) is 9.10. The van der Waals surface area contributed by atoms with Crippen molar-refractivity contribution in [2.75, 3.05) is 12.5 Å². The van der Waals surface area contributed by atoms with Crippen LogP contribution in [0.1, 0.15) is 0 Å². The molecule has 0 fully saturated rings. The van der Waals surface area contributed by atoms with Crippen molar-refractivity contribution in [3.8, 4) is 11.1 Å². The summed E-state index contributed by atoms with van der Waals surface area (Å²) in [5, 5.41) is 2.25. The lowest BCUT2D eigenvalue weighted by Gasteiger charge is -2.16. The van der Waals surface area contributed by atoms with Crippen LogP contribution in [0.15, 0.2) is 64.4 Å². The lowest BCUT2D eigenvalue weighted by molar-refractivity contribution is 0.631. The van der Waals surface area contributed by atoms with Crippen molar-refractivity contribution in [2.45, 2.75) is 9.79 Å². The molecule has 3 heteroatoms. The van der Waals surface area contributed by atoms with E-state index in [0.717, 1.165) is 21.2 Å². The van der Waals surface area contributed by atoms with Gasteiger partial charge in [0, 0.05) is 20.9 Å². The Morgan fingerprint density at radius 3 is 2.29 bits per heavy atom. The second-order valence-corrected chi connectivity index (χ2v) is 6.35. The molecule has 0 aliphatic carbocycles. The van der Waals surface area contributed by atoms with E-state index >= 15 is 0 Å². The first-order valence-electron chi connectivity index (χ1n) is 6.65. The van der Waals surface area contributed by atoms with E-state index in [-0.39, 0.29) is 5.82 Å². The summed E-state index contributed by atoms with van der Waals surface area (Å²) in [4.78, 5) is 2.34. The Balaban J connectivity index is 2.46. The first-order chi connectivity index (χ1) is 10.3. The molecule has 0 atom stereocenters. The molecule has 0 N–H and O–H groups in total. The molecule has 0 nitrogen and oxygen atoms in total. The van der Waals surface area contributed by atoms with Crippen molar-refractivity contribution in [1.29, 1.82) is 0 Å². The van der Waals surface area contributed by atoms with Crippen LogP contribution in [0.4, 0.5) is 4.39 Å². The van der Waals surface area contributed by atoms with Crippen LogP contribution in [-0.2, 0) is 0 Å². The largest absolute Gasteiger partial charge is 0.206 e. The molecule has 0 amide bonds. The van der Waals surface area contributed by atoms with Gasteiger partial charge in [-0.2, -0.15) is 0 Å². The van der Waals surface area contributed by atoms with Crippen LogP contribution in [0.2, 0.25) is 0 Å². The quantitative estimate of drug-likeness (QED) is 0.536. The molecule has 0 saturated heterocycles. The minimum atomic E-state index is -0.170. The maximum Gasteiger partial charge on any atom is 0.131 e. The normalized spacial score (nSPS) is 11.0. The molecular weight excluding hydrogens is 299 g/mol. The SMILES string of the molecule is CSc1cc2ccccc2c(-c2ccccc2F)c1SC. The van der Waals surface area contributed by atoms with E-state index in [4.69, 9.17) is 0 Å². The predicted octanol–water partition coefficient (Wildman–Crippen LogP) is 6.09. The van der Waals surface area contributed by atoms with Crippen molar-refractivity contribution in [3.63, 3.8) is 0 Å². The van der Waals surface area contributed by atoms with Crippen molar-refractivity contribution in [1.82, 2.24) is 0 Å². The molecule has 21 heavy (non-hydrogen) atoms. The number of hydrogen-bond acceptors (Lipinski definition) is 2. The van der Waals surface area contributed by atoms with E-state index in [1.54, 1.807) is 29.6 Å². The Labute approximate surface area is 132 Å². The third kappa shape index (κ3) is 2.56. The van der Waals surface area contributed by atoms with Crippen molar-refractivity contribution in [3.05, 3.63) is 60.4 Å². The molecule has 3 aromatic carbocycles. The van der Waals surface area contributed by atoms with Crippen LogP contribution < -0.4 is 0 Å². The zero-order valence-electron chi connectivity index (χ0n) is 11.9. The number of thioether (sulfide) groups is 2. The summed E-state index contributed by atoms with van der Waals surface area (Å²) in [6.45, 7) is 0. The molecule has 3 aromatic rings. The van der Waals surface area contributed by atoms with Gasteiger partial charge >= 0.3 is 0 Å². The van der Waals surface area contributed by atoms with Crippen LogP contribution in [0.25, 0.3) is 21.9 Å². The van der Waals surface area contributed by atoms with Gasteiger partial charge in [-0.3, -0.25) is 0 Å². The van der Waals surface area contributed by atoms with Crippen LogP contribution in [0, 0.1) is 5.82 Å². The highest BCUT2D eigenvalue weighted by molar-refractivity contribution is 8.01. The van der Waals surface area contributed by atoms with Crippen LogP contribution in [0.5, 0.6) is 0 Å². The average Bonchev–Trinajstić information content (AvgIpc) is 2.53. The molecule has 0 aliphatic heterocycles. The predicted molar refractivity (Wildman–Crippen MR) is 92.9 cm³/mol. The summed E-state index contributed by atoms with van der Waals surface area (Å²) in [5.41, 5.74) is 1.68. The monoisotopic (exact) mass is 314 g/mol. The zero-order valence-corrected chi connectivity index (χ0v) is 13.5. The number of halogens is 1. The summed E-state index contributed by atoms with van der Waals surface area (Å²) < 4.78 is 14.3. The maximum absolute atomic E-state index is 14.3. The van der Waals surface area contributed by atoms with E-state index in [9.17, 15) is 4.39 Å². The fourth-order valence-corrected chi connectivity index (χ4v) is 4.30. The third-order valence-electron chi connectivity index (χ3n) is 3.53. The van der Waals surface area contributed by atoms with Crippen molar-refractivity contribution < 1.29 is 4.39 Å². The van der Waals surface area contributed by atoms with Gasteiger partial charge in [-0.05, 0) is 35.4 Å². The van der Waals surface area contributed by atoms with Gasteiger partial charge < -0.3 is 0 Å². The molecule has 0 spiro atoms. The number of rotatable bonds is 3. The van der Waals surface area contributed by atoms with Gasteiger partial charge in [0.25, 0.3) is 0 Å². The van der Waals surface area contributed by atoms with E-state index in [1.165, 1.54) is 11.0 Å². The second kappa shape index (κ2) is 6.12. The average molecular weight is 314 g/mol. The molecule has 0 heterocycles. The van der Waals surface area contributed by atoms with E-state index in [2.05, 4.69) is 24.5 Å². The fraction of sp³-hybridized carbons (Fsp3) is 0.111. The number of hydrogen-bond donors (Lipinski definition) is 0. The van der Waals surface area contributed by atoms with Gasteiger partial charge in [0.05, 0.1) is 0 Å². The van der Waals surface area contributed by atoms with Crippen LogP contribution in [0.3, 0.4) is 0 Å². The second-order valence-electron chi connectivity index (χ2n) is 4.69. The van der Waals surface area contributed by atoms with Gasteiger partial charge in [-0.15, -0.1) is 23.5 Å². The molecular formula is C18H15FS2. The number of fused-ring (bicyclic) bond motifs is 1. The molecule has 0 saturated carbocycles. The summed E-state index contributed by atoms with van der Waals surface area (Å²) >= 11 is 3.38. The highest BCUT2D eigenvalue weighted by Crippen LogP contribution is 2.43. The Morgan fingerprint density at radius 2 is 1.57 bits per heavy atom. The first kappa shape index (κ1) is 14.5. The fourth-order valence-electron chi connectivity index (χ4n) is 2.59. The molecule has 0 bridgehead atoms. The smallest absolute Gasteiger partial charge is 0.131 e. The van der Waals surface area contributed by atoms with Crippen molar-refractivity contribution >= 4 is 34.3 Å². The summed E-state index contributed by atoms with van der Waals surface area (Å²) in [6, 6.07) is 17.4. The van der Waals surface area contributed by atoms with Gasteiger partial charge in [0.15, 0.2) is 0 Å². The minimum Gasteiger partial charge on any atom is -0.206 e. The maximum atomic E-state index is 14.3. The van der Waals surface area contributed by atoms with E-state index in [1.807, 2.05) is 30.5 Å². The highest BCUT2D eigenvalue weighted by atomic mass is 32.2. The number of benzene rings is 3. The Morgan fingerprint density at radius 1 is 0.857 bits per heavy atom. The van der Waals surface area contributed by atoms with Gasteiger partial charge in [-0.25, -0.2) is 4.39 Å². The summed E-state index contributed by atoms with van der Waals surface area (Å²) in [5.74, 6) is -0.170. The Kier molecular flexibility index (Phi) is 4.22. The molecule has 106 valence electrons. The third-order valence-corrected chi connectivity index (χ3v) is 5.26. The van der Waals surface area contributed by atoms with Crippen LogP contribution in [-0.4, -0.2) is 12.5 Å². The van der Waals surface area contributed by atoms with Gasteiger partial charge in [0.2, 0.25) is 0 Å². The van der Waals surface area contributed by atoms with E-state index < -0.39 is 0 Å². The van der Waals surface area contributed by atoms with Gasteiger partial charge in [-0.1, -0.05) is 42.5 Å². The molecule has 0 aromatic heterocycles. The molecule has 0 aliphatic rings. The zero-order chi connectivity index (χ0) is 14.8. The lowest BCUT2D eigenvalue weighted by atomic mass is 9.97. The lowest BCUT2D eigenvalue weighted by Crippen LogP contribution is -1.91. The molecule has 0 unspecified atom stereocenters. The van der Waals surface area contributed by atoms with E-state index in [0.29, 0.717) is 5.56 Å². The van der Waals surface area contributed by atoms with Gasteiger partial charge in [0.1, 0.15) is 5.82 Å². The van der Waals surface area contributed by atoms with Crippen molar-refractivity contribution in [2.24, 2.45) is 0 Å². The van der Waals surface area contributed by atoms with Crippen LogP contribution >= 0.6 is 23.5 Å². The topological polar surface area (TPSA) is 0 Å². The standard InChI is InChI=1S/C18H15FS2/c1-20-16-11-12-7-3-4-8-13(12)17(18(16)21-2)14-9-5-6-10-15(14)19/h3-11H,1-2H3. The minimum absolute atomic E-state index is 0.170. The Hall–Kier alpha value is -1.45. The summed E-state index contributed by atoms with van der Waals surface area (Å²) in [6.07, 6.45) is 4.11. The highest BCUT2D eigenvalue weighted by Gasteiger charge is 2.16.